The summed E-state index contributed by atoms with van der Waals surface area (Å²) in [5, 5.41) is 9.17. The van der Waals surface area contributed by atoms with Gasteiger partial charge in [0.1, 0.15) is 0 Å². The Morgan fingerprint density at radius 1 is 1.19 bits per heavy atom. The van der Waals surface area contributed by atoms with Crippen molar-refractivity contribution in [1.82, 2.24) is 5.16 Å². The van der Waals surface area contributed by atoms with Crippen molar-refractivity contribution in [2.75, 3.05) is 10.6 Å². The summed E-state index contributed by atoms with van der Waals surface area (Å²) >= 11 is 0. The third-order valence-corrected chi connectivity index (χ3v) is 2.94. The fraction of sp³-hybridized carbons (Fsp3) is 0.267. The molecule has 2 aromatic rings. The number of hydrogen-bond acceptors (Lipinski definition) is 4. The van der Waals surface area contributed by atoms with Crippen LogP contribution in [0.4, 0.5) is 11.4 Å². The molecule has 0 saturated heterocycles. The molecule has 0 spiro atoms. The van der Waals surface area contributed by atoms with Gasteiger partial charge in [0.05, 0.1) is 5.69 Å². The van der Waals surface area contributed by atoms with Gasteiger partial charge in [0.15, 0.2) is 0 Å². The number of aryl methyl sites for hydroxylation is 2. The highest BCUT2D eigenvalue weighted by Gasteiger charge is 2.12. The van der Waals surface area contributed by atoms with Crippen LogP contribution in [0.25, 0.3) is 0 Å². The molecule has 110 valence electrons. The normalized spacial score (nSPS) is 10.2. The SMILES string of the molecule is CCC(=O)Nc1cc(NC(=O)c2cc(C)no2)ccc1C. The van der Waals surface area contributed by atoms with E-state index in [1.165, 1.54) is 0 Å². The van der Waals surface area contributed by atoms with Crippen LogP contribution >= 0.6 is 0 Å². The Morgan fingerprint density at radius 2 is 1.95 bits per heavy atom. The monoisotopic (exact) mass is 287 g/mol. The van der Waals surface area contributed by atoms with Crippen molar-refractivity contribution in [1.29, 1.82) is 0 Å². The number of carbonyl (C=O) groups excluding carboxylic acids is 2. The number of aromatic nitrogens is 1. The van der Waals surface area contributed by atoms with Crippen LogP contribution in [-0.2, 0) is 4.79 Å². The average molecular weight is 287 g/mol. The van der Waals surface area contributed by atoms with Crippen molar-refractivity contribution in [2.24, 2.45) is 0 Å². The van der Waals surface area contributed by atoms with Crippen LogP contribution in [0.5, 0.6) is 0 Å². The summed E-state index contributed by atoms with van der Waals surface area (Å²) in [6, 6.07) is 6.86. The Kier molecular flexibility index (Phi) is 4.37. The minimum absolute atomic E-state index is 0.0764. The van der Waals surface area contributed by atoms with Gasteiger partial charge < -0.3 is 15.2 Å². The standard InChI is InChI=1S/C15H17N3O3/c1-4-14(19)17-12-8-11(6-5-9(12)2)16-15(20)13-7-10(3)18-21-13/h5-8H,4H2,1-3H3,(H,16,20)(H,17,19). The van der Waals surface area contributed by atoms with Gasteiger partial charge in [-0.1, -0.05) is 18.1 Å². The largest absolute Gasteiger partial charge is 0.351 e. The second kappa shape index (κ2) is 6.21. The van der Waals surface area contributed by atoms with Gasteiger partial charge in [-0.25, -0.2) is 0 Å². The molecule has 2 N–H and O–H groups in total. The van der Waals surface area contributed by atoms with Crippen molar-refractivity contribution >= 4 is 23.2 Å². The van der Waals surface area contributed by atoms with E-state index in [4.69, 9.17) is 4.52 Å². The van der Waals surface area contributed by atoms with Gasteiger partial charge in [0, 0.05) is 23.9 Å². The third-order valence-electron chi connectivity index (χ3n) is 2.94. The second-order valence-electron chi connectivity index (χ2n) is 4.72. The number of nitrogens with zero attached hydrogens (tertiary/aromatic N) is 1. The zero-order valence-corrected chi connectivity index (χ0v) is 12.2. The number of anilines is 2. The molecule has 0 aliphatic heterocycles. The first kappa shape index (κ1) is 14.8. The first-order valence-corrected chi connectivity index (χ1v) is 6.64. The van der Waals surface area contributed by atoms with Gasteiger partial charge in [-0.05, 0) is 31.5 Å². The maximum atomic E-state index is 12.0. The summed E-state index contributed by atoms with van der Waals surface area (Å²) in [6.07, 6.45) is 0.396. The highest BCUT2D eigenvalue weighted by atomic mass is 16.5. The van der Waals surface area contributed by atoms with Crippen molar-refractivity contribution in [3.05, 3.63) is 41.3 Å². The minimum Gasteiger partial charge on any atom is -0.351 e. The Bertz CT molecular complexity index is 677. The van der Waals surface area contributed by atoms with Crippen LogP contribution in [0.2, 0.25) is 0 Å². The molecule has 21 heavy (non-hydrogen) atoms. The van der Waals surface area contributed by atoms with Crippen molar-refractivity contribution < 1.29 is 14.1 Å². The molecule has 6 heteroatoms. The van der Waals surface area contributed by atoms with E-state index < -0.39 is 0 Å². The van der Waals surface area contributed by atoms with Crippen molar-refractivity contribution in [3.63, 3.8) is 0 Å². The molecule has 0 radical (unpaired) electrons. The lowest BCUT2D eigenvalue weighted by Crippen LogP contribution is -2.13. The quantitative estimate of drug-likeness (QED) is 0.905. The summed E-state index contributed by atoms with van der Waals surface area (Å²) in [6.45, 7) is 5.41. The Hall–Kier alpha value is -2.63. The number of amides is 2. The molecule has 0 fully saturated rings. The molecule has 0 unspecified atom stereocenters. The van der Waals surface area contributed by atoms with E-state index in [9.17, 15) is 9.59 Å². The Balaban J connectivity index is 2.15. The van der Waals surface area contributed by atoms with E-state index >= 15 is 0 Å². The highest BCUT2D eigenvalue weighted by molar-refractivity contribution is 6.02. The zero-order valence-electron chi connectivity index (χ0n) is 12.2. The lowest BCUT2D eigenvalue weighted by Gasteiger charge is -2.10. The van der Waals surface area contributed by atoms with Crippen LogP contribution in [-0.4, -0.2) is 17.0 Å². The van der Waals surface area contributed by atoms with Gasteiger partial charge >= 0.3 is 0 Å². The number of rotatable bonds is 4. The summed E-state index contributed by atoms with van der Waals surface area (Å²) in [5.74, 6) is -0.313. The van der Waals surface area contributed by atoms with Crippen LogP contribution in [0.15, 0.2) is 28.8 Å². The smallest absolute Gasteiger partial charge is 0.294 e. The van der Waals surface area contributed by atoms with Crippen LogP contribution in [0, 0.1) is 13.8 Å². The molecule has 0 atom stereocenters. The van der Waals surface area contributed by atoms with E-state index in [2.05, 4.69) is 15.8 Å². The molecule has 0 aliphatic carbocycles. The fourth-order valence-corrected chi connectivity index (χ4v) is 1.74. The molecule has 0 saturated carbocycles. The number of hydrogen-bond donors (Lipinski definition) is 2. The minimum atomic E-state index is -0.382. The molecule has 1 heterocycles. The Morgan fingerprint density at radius 3 is 2.57 bits per heavy atom. The maximum Gasteiger partial charge on any atom is 0.294 e. The highest BCUT2D eigenvalue weighted by Crippen LogP contribution is 2.21. The van der Waals surface area contributed by atoms with Crippen LogP contribution < -0.4 is 10.6 Å². The fourth-order valence-electron chi connectivity index (χ4n) is 1.74. The van der Waals surface area contributed by atoms with Gasteiger partial charge in [-0.3, -0.25) is 9.59 Å². The molecular formula is C15H17N3O3. The lowest BCUT2D eigenvalue weighted by molar-refractivity contribution is -0.115. The van der Waals surface area contributed by atoms with Crippen LogP contribution in [0.1, 0.15) is 35.2 Å². The topological polar surface area (TPSA) is 84.2 Å². The molecule has 0 bridgehead atoms. The predicted octanol–water partition coefficient (Wildman–Crippen LogP) is 2.89. The summed E-state index contributed by atoms with van der Waals surface area (Å²) in [4.78, 5) is 23.4. The molecule has 6 nitrogen and oxygen atoms in total. The zero-order chi connectivity index (χ0) is 15.4. The maximum absolute atomic E-state index is 12.0. The lowest BCUT2D eigenvalue weighted by atomic mass is 10.1. The molecule has 1 aromatic heterocycles. The summed E-state index contributed by atoms with van der Waals surface area (Å²) < 4.78 is 4.90. The summed E-state index contributed by atoms with van der Waals surface area (Å²) in [5.41, 5.74) is 2.81. The van der Waals surface area contributed by atoms with E-state index in [1.54, 1.807) is 32.0 Å². The molecule has 1 aromatic carbocycles. The van der Waals surface area contributed by atoms with Crippen molar-refractivity contribution in [2.45, 2.75) is 27.2 Å². The summed E-state index contributed by atoms with van der Waals surface area (Å²) in [7, 11) is 0. The second-order valence-corrected chi connectivity index (χ2v) is 4.72. The van der Waals surface area contributed by atoms with Gasteiger partial charge in [0.2, 0.25) is 11.7 Å². The number of carbonyl (C=O) groups is 2. The van der Waals surface area contributed by atoms with Gasteiger partial charge in [-0.2, -0.15) is 0 Å². The third kappa shape index (κ3) is 3.68. The first-order chi connectivity index (χ1) is 9.99. The molecular weight excluding hydrogens is 270 g/mol. The van der Waals surface area contributed by atoms with Gasteiger partial charge in [-0.15, -0.1) is 0 Å². The number of nitrogens with one attached hydrogen (secondary N) is 2. The molecule has 2 amide bonds. The molecule has 0 aliphatic rings. The van der Waals surface area contributed by atoms with E-state index in [-0.39, 0.29) is 17.6 Å². The number of benzene rings is 1. The van der Waals surface area contributed by atoms with Crippen LogP contribution in [0.3, 0.4) is 0 Å². The van der Waals surface area contributed by atoms with E-state index in [0.29, 0.717) is 23.5 Å². The first-order valence-electron chi connectivity index (χ1n) is 6.64. The molecule has 2 rings (SSSR count). The Labute approximate surface area is 122 Å². The predicted molar refractivity (Wildman–Crippen MR) is 79.3 cm³/mol. The van der Waals surface area contributed by atoms with E-state index in [0.717, 1.165) is 5.56 Å². The van der Waals surface area contributed by atoms with Crippen molar-refractivity contribution in [3.8, 4) is 0 Å². The van der Waals surface area contributed by atoms with E-state index in [1.807, 2.05) is 13.0 Å². The van der Waals surface area contributed by atoms with Gasteiger partial charge in [0.25, 0.3) is 5.91 Å². The average Bonchev–Trinajstić information content (AvgIpc) is 2.89.